The molecular formula is C12H23NO2S. The largest absolute Gasteiger partial charge is 0.316 e. The topological polar surface area (TPSA) is 46.2 Å². The van der Waals surface area contributed by atoms with Crippen LogP contribution in [0.5, 0.6) is 0 Å². The fraction of sp³-hybridized carbons (Fsp3) is 0.833. The van der Waals surface area contributed by atoms with Crippen LogP contribution in [0, 0.1) is 5.92 Å². The Bertz CT molecular complexity index is 309. The molecule has 1 unspecified atom stereocenters. The van der Waals surface area contributed by atoms with Crippen LogP contribution in [-0.2, 0) is 9.84 Å². The Labute approximate surface area is 99.2 Å². The molecule has 0 aromatic heterocycles. The van der Waals surface area contributed by atoms with Crippen molar-refractivity contribution in [2.75, 3.05) is 24.6 Å². The van der Waals surface area contributed by atoms with E-state index in [4.69, 9.17) is 0 Å². The molecule has 16 heavy (non-hydrogen) atoms. The first-order valence-corrected chi connectivity index (χ1v) is 8.02. The lowest BCUT2D eigenvalue weighted by atomic mass is 9.94. The average molecular weight is 245 g/mol. The molecule has 0 bridgehead atoms. The Morgan fingerprint density at radius 1 is 1.38 bits per heavy atom. The maximum absolute atomic E-state index is 11.2. The third-order valence-corrected chi connectivity index (χ3v) is 4.85. The number of allylic oxidation sites excluding steroid dienone is 2. The molecule has 0 amide bonds. The van der Waals surface area contributed by atoms with E-state index in [9.17, 15) is 8.42 Å². The first-order valence-electron chi connectivity index (χ1n) is 6.20. The Balaban J connectivity index is 2.02. The third-order valence-electron chi connectivity index (χ3n) is 3.06. The molecule has 0 aromatic rings. The summed E-state index contributed by atoms with van der Waals surface area (Å²) in [6.45, 7) is 3.55. The molecule has 0 heterocycles. The van der Waals surface area contributed by atoms with Crippen LogP contribution < -0.4 is 5.32 Å². The summed E-state index contributed by atoms with van der Waals surface area (Å²) in [7, 11) is -2.78. The van der Waals surface area contributed by atoms with E-state index in [-0.39, 0.29) is 5.75 Å². The van der Waals surface area contributed by atoms with Gasteiger partial charge >= 0.3 is 0 Å². The van der Waals surface area contributed by atoms with E-state index in [0.717, 1.165) is 25.4 Å². The van der Waals surface area contributed by atoms with Gasteiger partial charge in [-0.05, 0) is 44.7 Å². The van der Waals surface area contributed by atoms with Gasteiger partial charge in [-0.15, -0.1) is 0 Å². The molecular weight excluding hydrogens is 222 g/mol. The average Bonchev–Trinajstić information content (AvgIpc) is 2.30. The molecule has 1 rings (SSSR count). The SMILES string of the molecule is CCS(=O)(=O)CCCNCC1CC=CCC1. The molecule has 0 fully saturated rings. The minimum atomic E-state index is -2.78. The number of rotatable bonds is 7. The van der Waals surface area contributed by atoms with Crippen molar-refractivity contribution in [3.63, 3.8) is 0 Å². The number of hydrogen-bond donors (Lipinski definition) is 1. The second-order valence-corrected chi connectivity index (χ2v) is 6.92. The van der Waals surface area contributed by atoms with Crippen molar-refractivity contribution >= 4 is 9.84 Å². The van der Waals surface area contributed by atoms with Crippen molar-refractivity contribution in [1.82, 2.24) is 5.32 Å². The van der Waals surface area contributed by atoms with E-state index in [2.05, 4.69) is 17.5 Å². The number of sulfone groups is 1. The highest BCUT2D eigenvalue weighted by Crippen LogP contribution is 2.16. The summed E-state index contributed by atoms with van der Waals surface area (Å²) in [5.74, 6) is 1.33. The van der Waals surface area contributed by atoms with Gasteiger partial charge in [0.25, 0.3) is 0 Å². The van der Waals surface area contributed by atoms with E-state index in [1.165, 1.54) is 19.3 Å². The fourth-order valence-corrected chi connectivity index (χ4v) is 2.78. The normalized spacial score (nSPS) is 21.2. The molecule has 0 radical (unpaired) electrons. The lowest BCUT2D eigenvalue weighted by molar-refractivity contribution is 0.441. The summed E-state index contributed by atoms with van der Waals surface area (Å²) in [4.78, 5) is 0. The molecule has 0 saturated carbocycles. The molecule has 1 aliphatic rings. The van der Waals surface area contributed by atoms with E-state index in [0.29, 0.717) is 5.75 Å². The molecule has 1 aliphatic carbocycles. The van der Waals surface area contributed by atoms with Crippen molar-refractivity contribution in [2.24, 2.45) is 5.92 Å². The summed E-state index contributed by atoms with van der Waals surface area (Å²) in [6.07, 6.45) is 8.84. The summed E-state index contributed by atoms with van der Waals surface area (Å²) >= 11 is 0. The molecule has 0 aromatic carbocycles. The molecule has 0 aliphatic heterocycles. The van der Waals surface area contributed by atoms with Crippen LogP contribution in [0.2, 0.25) is 0 Å². The number of nitrogens with one attached hydrogen (secondary N) is 1. The third kappa shape index (κ3) is 5.66. The molecule has 4 heteroatoms. The zero-order chi connectivity index (χ0) is 11.9. The number of hydrogen-bond acceptors (Lipinski definition) is 3. The van der Waals surface area contributed by atoms with Crippen LogP contribution in [-0.4, -0.2) is 33.0 Å². The quantitative estimate of drug-likeness (QED) is 0.549. The smallest absolute Gasteiger partial charge is 0.150 e. The maximum atomic E-state index is 11.2. The van der Waals surface area contributed by atoms with Crippen molar-refractivity contribution in [3.8, 4) is 0 Å². The Kier molecular flexibility index (Phi) is 6.06. The van der Waals surface area contributed by atoms with Crippen molar-refractivity contribution in [3.05, 3.63) is 12.2 Å². The van der Waals surface area contributed by atoms with Gasteiger partial charge in [-0.2, -0.15) is 0 Å². The van der Waals surface area contributed by atoms with Crippen molar-refractivity contribution in [1.29, 1.82) is 0 Å². The second-order valence-electron chi connectivity index (χ2n) is 4.44. The van der Waals surface area contributed by atoms with Gasteiger partial charge in [0.15, 0.2) is 0 Å². The van der Waals surface area contributed by atoms with E-state index in [1.54, 1.807) is 6.92 Å². The van der Waals surface area contributed by atoms with Crippen LogP contribution in [0.3, 0.4) is 0 Å². The molecule has 94 valence electrons. The van der Waals surface area contributed by atoms with Gasteiger partial charge in [-0.25, -0.2) is 8.42 Å². The fourth-order valence-electron chi connectivity index (χ4n) is 1.91. The predicted octanol–water partition coefficient (Wildman–Crippen LogP) is 1.76. The maximum Gasteiger partial charge on any atom is 0.150 e. The molecule has 0 spiro atoms. The van der Waals surface area contributed by atoms with Crippen molar-refractivity contribution in [2.45, 2.75) is 32.6 Å². The molecule has 0 saturated heterocycles. The summed E-state index contributed by atoms with van der Waals surface area (Å²) in [5.41, 5.74) is 0. The van der Waals surface area contributed by atoms with Crippen molar-refractivity contribution < 1.29 is 8.42 Å². The van der Waals surface area contributed by atoms with Gasteiger partial charge in [0, 0.05) is 5.75 Å². The van der Waals surface area contributed by atoms with Gasteiger partial charge in [0.1, 0.15) is 9.84 Å². The van der Waals surface area contributed by atoms with Crippen LogP contribution in [0.4, 0.5) is 0 Å². The first kappa shape index (κ1) is 13.7. The van der Waals surface area contributed by atoms with Crippen LogP contribution in [0.25, 0.3) is 0 Å². The van der Waals surface area contributed by atoms with Gasteiger partial charge in [0.2, 0.25) is 0 Å². The molecule has 1 N–H and O–H groups in total. The highest BCUT2D eigenvalue weighted by molar-refractivity contribution is 7.91. The molecule has 1 atom stereocenters. The zero-order valence-corrected chi connectivity index (χ0v) is 10.9. The minimum Gasteiger partial charge on any atom is -0.316 e. The Morgan fingerprint density at radius 3 is 2.81 bits per heavy atom. The van der Waals surface area contributed by atoms with Crippen LogP contribution in [0.15, 0.2) is 12.2 Å². The summed E-state index contributed by atoms with van der Waals surface area (Å²) < 4.78 is 22.5. The zero-order valence-electron chi connectivity index (χ0n) is 10.1. The van der Waals surface area contributed by atoms with E-state index in [1.807, 2.05) is 0 Å². The summed E-state index contributed by atoms with van der Waals surface area (Å²) in [6, 6.07) is 0. The summed E-state index contributed by atoms with van der Waals surface area (Å²) in [5, 5.41) is 3.35. The highest BCUT2D eigenvalue weighted by Gasteiger charge is 2.09. The predicted molar refractivity (Wildman–Crippen MR) is 68.3 cm³/mol. The van der Waals surface area contributed by atoms with E-state index < -0.39 is 9.84 Å². The first-order chi connectivity index (χ1) is 7.64. The van der Waals surface area contributed by atoms with Gasteiger partial charge in [0.05, 0.1) is 5.75 Å². The molecule has 3 nitrogen and oxygen atoms in total. The van der Waals surface area contributed by atoms with Gasteiger partial charge in [-0.1, -0.05) is 19.1 Å². The Morgan fingerprint density at radius 2 is 2.19 bits per heavy atom. The monoisotopic (exact) mass is 245 g/mol. The second kappa shape index (κ2) is 7.07. The van der Waals surface area contributed by atoms with Crippen LogP contribution >= 0.6 is 0 Å². The van der Waals surface area contributed by atoms with Gasteiger partial charge < -0.3 is 5.32 Å². The van der Waals surface area contributed by atoms with Crippen LogP contribution in [0.1, 0.15) is 32.6 Å². The van der Waals surface area contributed by atoms with Gasteiger partial charge in [-0.3, -0.25) is 0 Å². The highest BCUT2D eigenvalue weighted by atomic mass is 32.2. The lowest BCUT2D eigenvalue weighted by Crippen LogP contribution is -2.26. The Hall–Kier alpha value is -0.350. The van der Waals surface area contributed by atoms with E-state index >= 15 is 0 Å². The minimum absolute atomic E-state index is 0.264. The lowest BCUT2D eigenvalue weighted by Gasteiger charge is -2.18. The standard InChI is InChI=1S/C12H23NO2S/c1-2-16(14,15)10-6-9-13-11-12-7-4-3-5-8-12/h3-4,12-13H,2,5-11H2,1H3.